The lowest BCUT2D eigenvalue weighted by molar-refractivity contribution is -0.146. The summed E-state index contributed by atoms with van der Waals surface area (Å²) in [5.74, 6) is -1.65. The fourth-order valence-corrected chi connectivity index (χ4v) is 9.15. The van der Waals surface area contributed by atoms with Gasteiger partial charge >= 0.3 is 0 Å². The number of aliphatic hydroxyl groups excluding tert-OH is 1. The average molecular weight is 722 g/mol. The average Bonchev–Trinajstić information content (AvgIpc) is 3.91. The van der Waals surface area contributed by atoms with E-state index in [1.807, 2.05) is 122 Å². The summed E-state index contributed by atoms with van der Waals surface area (Å²) in [5.41, 5.74) is 2.12. The van der Waals surface area contributed by atoms with Crippen LogP contribution in [0.2, 0.25) is 0 Å². The lowest BCUT2D eigenvalue weighted by Gasteiger charge is -2.32. The van der Waals surface area contributed by atoms with E-state index in [4.69, 9.17) is 4.74 Å². The molecule has 2 amide bonds. The number of fused-ring (bicyclic) bond motifs is 2. The third-order valence-electron chi connectivity index (χ3n) is 11.5. The number of alkyl halides is 1. The van der Waals surface area contributed by atoms with E-state index in [2.05, 4.69) is 10.3 Å². The van der Waals surface area contributed by atoms with Crippen molar-refractivity contribution in [3.05, 3.63) is 149 Å². The third-order valence-corrected chi connectivity index (χ3v) is 11.5. The number of nitrogens with zero attached hydrogens (tertiary/aromatic N) is 5. The Bertz CT molecular complexity index is 2410. The molecule has 54 heavy (non-hydrogen) atoms. The standard InChI is InChI=1S/C44H40FN5O4/c1-27-39(43(2,3)45)37(22-23-48-26-34(46-47-48)40(51)30-14-8-5-9-15-30)54-44(27)33-24-31(20-21-35(33)49(42(44)53)25-28-12-6-4-7-13-28)50-36-19-11-17-29-16-10-18-32(38(29)36)41(50)52/h4-21,24,26-27,37,39-40,51H,22-23,25H2,1-3H3/t27-,37+,39-,40+,44+/m0/s1. The van der Waals surface area contributed by atoms with Crippen LogP contribution in [0.25, 0.3) is 10.8 Å². The summed E-state index contributed by atoms with van der Waals surface area (Å²) >= 11 is 0. The smallest absolute Gasteiger partial charge is 0.264 e. The number of anilines is 3. The number of ether oxygens (including phenoxy) is 1. The number of aromatic nitrogens is 3. The molecule has 1 aromatic heterocycles. The molecule has 1 N–H and O–H groups in total. The lowest BCUT2D eigenvalue weighted by atomic mass is 9.71. The highest BCUT2D eigenvalue weighted by atomic mass is 19.1. The van der Waals surface area contributed by atoms with Gasteiger partial charge in [0.25, 0.3) is 11.8 Å². The number of carbonyl (C=O) groups excluding carboxylic acids is 2. The maximum Gasteiger partial charge on any atom is 0.264 e. The summed E-state index contributed by atoms with van der Waals surface area (Å²) in [5, 5.41) is 21.3. The van der Waals surface area contributed by atoms with Gasteiger partial charge in [-0.05, 0) is 67.1 Å². The Balaban J connectivity index is 1.10. The van der Waals surface area contributed by atoms with Crippen molar-refractivity contribution in [3.63, 3.8) is 0 Å². The molecule has 10 heteroatoms. The first-order valence-corrected chi connectivity index (χ1v) is 18.4. The Morgan fingerprint density at radius 2 is 1.63 bits per heavy atom. The van der Waals surface area contributed by atoms with E-state index in [9.17, 15) is 9.90 Å². The highest BCUT2D eigenvalue weighted by molar-refractivity contribution is 6.28. The Morgan fingerprint density at radius 1 is 0.907 bits per heavy atom. The molecule has 1 spiro atoms. The number of benzene rings is 5. The molecule has 0 aliphatic carbocycles. The number of amides is 2. The molecule has 4 heterocycles. The molecular weight excluding hydrogens is 682 g/mol. The zero-order chi connectivity index (χ0) is 37.4. The second kappa shape index (κ2) is 12.7. The number of aliphatic hydroxyl groups is 1. The molecule has 9 rings (SSSR count). The van der Waals surface area contributed by atoms with Crippen molar-refractivity contribution in [3.8, 4) is 0 Å². The number of hydrogen-bond donors (Lipinski definition) is 1. The molecule has 0 radical (unpaired) electrons. The van der Waals surface area contributed by atoms with Crippen LogP contribution in [-0.2, 0) is 28.2 Å². The molecule has 9 nitrogen and oxygen atoms in total. The predicted molar refractivity (Wildman–Crippen MR) is 204 cm³/mol. The van der Waals surface area contributed by atoms with Crippen molar-refractivity contribution in [2.45, 2.75) is 63.8 Å². The monoisotopic (exact) mass is 721 g/mol. The van der Waals surface area contributed by atoms with Gasteiger partial charge in [-0.15, -0.1) is 5.10 Å². The summed E-state index contributed by atoms with van der Waals surface area (Å²) in [6.07, 6.45) is 0.423. The van der Waals surface area contributed by atoms with Gasteiger partial charge in [-0.2, -0.15) is 0 Å². The van der Waals surface area contributed by atoms with Gasteiger partial charge in [-0.3, -0.25) is 19.2 Å². The van der Waals surface area contributed by atoms with Crippen LogP contribution in [0.5, 0.6) is 0 Å². The largest absolute Gasteiger partial charge is 0.382 e. The fourth-order valence-electron chi connectivity index (χ4n) is 9.15. The minimum absolute atomic E-state index is 0.146. The zero-order valence-electron chi connectivity index (χ0n) is 30.3. The number of aryl methyl sites for hydroxylation is 1. The summed E-state index contributed by atoms with van der Waals surface area (Å²) in [4.78, 5) is 32.6. The molecule has 3 aliphatic rings. The van der Waals surface area contributed by atoms with Gasteiger partial charge in [-0.25, -0.2) is 4.39 Å². The first-order valence-electron chi connectivity index (χ1n) is 18.4. The fraction of sp³-hybridized carbons (Fsp3) is 0.273. The van der Waals surface area contributed by atoms with Crippen LogP contribution in [0.1, 0.15) is 66.0 Å². The van der Waals surface area contributed by atoms with Crippen molar-refractivity contribution in [2.24, 2.45) is 11.8 Å². The Morgan fingerprint density at radius 3 is 2.37 bits per heavy atom. The van der Waals surface area contributed by atoms with E-state index in [-0.39, 0.29) is 11.8 Å². The molecule has 0 bridgehead atoms. The quantitative estimate of drug-likeness (QED) is 0.162. The normalized spacial score (nSPS) is 22.5. The van der Waals surface area contributed by atoms with Crippen LogP contribution in [0.3, 0.4) is 0 Å². The summed E-state index contributed by atoms with van der Waals surface area (Å²) < 4.78 is 25.2. The molecule has 1 fully saturated rings. The Hall–Kier alpha value is -5.71. The van der Waals surface area contributed by atoms with Gasteiger partial charge in [0.15, 0.2) is 5.60 Å². The number of rotatable bonds is 9. The second-order valence-electron chi connectivity index (χ2n) is 15.2. The maximum absolute atomic E-state index is 16.5. The Labute approximate surface area is 312 Å². The van der Waals surface area contributed by atoms with Crippen LogP contribution in [0.15, 0.2) is 121 Å². The van der Waals surface area contributed by atoms with Gasteiger partial charge in [0, 0.05) is 35.0 Å². The highest BCUT2D eigenvalue weighted by Gasteiger charge is 2.66. The van der Waals surface area contributed by atoms with Crippen molar-refractivity contribution < 1.29 is 23.8 Å². The molecule has 6 aromatic rings. The van der Waals surface area contributed by atoms with Gasteiger partial charge in [0.05, 0.1) is 35.8 Å². The van der Waals surface area contributed by atoms with Crippen molar-refractivity contribution in [1.29, 1.82) is 0 Å². The van der Waals surface area contributed by atoms with Crippen LogP contribution in [0.4, 0.5) is 21.5 Å². The van der Waals surface area contributed by atoms with Crippen LogP contribution in [-0.4, -0.2) is 43.7 Å². The predicted octanol–water partition coefficient (Wildman–Crippen LogP) is 8.04. The first kappa shape index (κ1) is 34.1. The molecule has 3 aliphatic heterocycles. The topological polar surface area (TPSA) is 101 Å². The molecule has 0 saturated carbocycles. The first-order chi connectivity index (χ1) is 26.1. The van der Waals surface area contributed by atoms with E-state index < -0.39 is 35.3 Å². The van der Waals surface area contributed by atoms with Crippen molar-refractivity contribution >= 4 is 39.6 Å². The minimum atomic E-state index is -1.71. The number of hydrogen-bond acceptors (Lipinski definition) is 6. The maximum atomic E-state index is 16.5. The van der Waals surface area contributed by atoms with E-state index >= 15 is 9.18 Å². The summed E-state index contributed by atoms with van der Waals surface area (Å²) in [6.45, 7) is 5.64. The van der Waals surface area contributed by atoms with Gasteiger partial charge in [0.1, 0.15) is 17.5 Å². The lowest BCUT2D eigenvalue weighted by Crippen LogP contribution is -2.45. The number of carbonyl (C=O) groups is 2. The zero-order valence-corrected chi connectivity index (χ0v) is 30.3. The minimum Gasteiger partial charge on any atom is -0.382 e. The van der Waals surface area contributed by atoms with E-state index in [0.717, 1.165) is 22.0 Å². The Kier molecular flexibility index (Phi) is 8.02. The van der Waals surface area contributed by atoms with E-state index in [1.54, 1.807) is 34.5 Å². The van der Waals surface area contributed by atoms with Gasteiger partial charge in [-0.1, -0.05) is 97.1 Å². The van der Waals surface area contributed by atoms with Gasteiger partial charge < -0.3 is 14.7 Å². The van der Waals surface area contributed by atoms with E-state index in [1.165, 1.54) is 0 Å². The third kappa shape index (κ3) is 5.27. The van der Waals surface area contributed by atoms with Crippen LogP contribution in [0, 0.1) is 11.8 Å². The van der Waals surface area contributed by atoms with Crippen molar-refractivity contribution in [2.75, 3.05) is 9.80 Å². The molecular formula is C44H40FN5O4. The van der Waals surface area contributed by atoms with Gasteiger partial charge in [0.2, 0.25) is 0 Å². The molecule has 0 unspecified atom stereocenters. The molecule has 1 saturated heterocycles. The molecule has 5 aromatic carbocycles. The van der Waals surface area contributed by atoms with Crippen LogP contribution < -0.4 is 9.80 Å². The molecule has 5 atom stereocenters. The highest BCUT2D eigenvalue weighted by Crippen LogP contribution is 2.59. The van der Waals surface area contributed by atoms with Crippen LogP contribution >= 0.6 is 0 Å². The van der Waals surface area contributed by atoms with Crippen molar-refractivity contribution in [1.82, 2.24) is 15.0 Å². The molecule has 272 valence electrons. The SMILES string of the molecule is C[C@H]1[C@H](C(C)(C)F)[C@@H](CCn2cc([C@H](O)c3ccccc3)nn2)O[C@]12C(=O)N(Cc1ccccc1)c1ccc(N3C(=O)c4cccc5cccc3c45)cc12. The number of halogens is 1. The summed E-state index contributed by atoms with van der Waals surface area (Å²) in [6, 6.07) is 36.3. The summed E-state index contributed by atoms with van der Waals surface area (Å²) in [7, 11) is 0. The second-order valence-corrected chi connectivity index (χ2v) is 15.2. The van der Waals surface area contributed by atoms with E-state index in [0.29, 0.717) is 53.3 Å².